The van der Waals surface area contributed by atoms with Crippen LogP contribution < -0.4 is 9.64 Å². The van der Waals surface area contributed by atoms with Crippen LogP contribution in [-0.2, 0) is 6.42 Å². The van der Waals surface area contributed by atoms with E-state index in [-0.39, 0.29) is 41.0 Å². The standard InChI is InChI=1S/C36H40F3N5O3/c37-23-17-35(10-5-14-44(35)19-23)21-47-34-41-32-27-18-40-31(30(32)39)26-16-24(45)15-22-8-9-28(38)25(29(22)26)7-3-1-2-4-11-36(46)12-6-13-43(20-36)33(27)42-34/h8-9,15-16,18,23,45-46H,1-7,10-14,17,19-21H2. The van der Waals surface area contributed by atoms with Gasteiger partial charge in [-0.1, -0.05) is 25.3 Å². The van der Waals surface area contributed by atoms with Gasteiger partial charge in [-0.3, -0.25) is 9.88 Å². The van der Waals surface area contributed by atoms with Crippen molar-refractivity contribution >= 4 is 27.5 Å². The molecule has 47 heavy (non-hydrogen) atoms. The molecule has 3 fully saturated rings. The Morgan fingerprint density at radius 2 is 1.81 bits per heavy atom. The summed E-state index contributed by atoms with van der Waals surface area (Å²) < 4.78 is 53.2. The number of fused-ring (bicyclic) bond motifs is 7. The van der Waals surface area contributed by atoms with Crippen molar-refractivity contribution in [2.24, 2.45) is 0 Å². The van der Waals surface area contributed by atoms with Gasteiger partial charge in [-0.25, -0.2) is 13.2 Å². The van der Waals surface area contributed by atoms with Crippen molar-refractivity contribution < 1.29 is 28.1 Å². The van der Waals surface area contributed by atoms with E-state index in [9.17, 15) is 14.6 Å². The van der Waals surface area contributed by atoms with Crippen LogP contribution >= 0.6 is 0 Å². The molecule has 0 saturated carbocycles. The Morgan fingerprint density at radius 3 is 2.70 bits per heavy atom. The summed E-state index contributed by atoms with van der Waals surface area (Å²) >= 11 is 0. The molecule has 2 N–H and O–H groups in total. The molecular formula is C36H40F3N5O3. The number of alkyl halides is 1. The second-order valence-electron chi connectivity index (χ2n) is 14.2. The minimum absolute atomic E-state index is 0.0153. The summed E-state index contributed by atoms with van der Waals surface area (Å²) in [6, 6.07) is 5.95. The Labute approximate surface area is 271 Å². The number of benzene rings is 2. The van der Waals surface area contributed by atoms with Gasteiger partial charge in [0, 0.05) is 37.8 Å². The quantitative estimate of drug-likeness (QED) is 0.256. The first kappa shape index (κ1) is 30.6. The van der Waals surface area contributed by atoms with E-state index in [4.69, 9.17) is 9.72 Å². The molecule has 3 atom stereocenters. The summed E-state index contributed by atoms with van der Waals surface area (Å²) in [6.45, 7) is 2.31. The molecule has 3 saturated heterocycles. The molecule has 5 aliphatic heterocycles. The normalized spacial score (nSPS) is 26.7. The highest BCUT2D eigenvalue weighted by Gasteiger charge is 2.49. The predicted molar refractivity (Wildman–Crippen MR) is 174 cm³/mol. The van der Waals surface area contributed by atoms with E-state index in [1.54, 1.807) is 12.1 Å². The molecule has 11 heteroatoms. The van der Waals surface area contributed by atoms with Crippen molar-refractivity contribution in [1.29, 1.82) is 0 Å². The second kappa shape index (κ2) is 11.8. The first-order valence-electron chi connectivity index (χ1n) is 17.0. The van der Waals surface area contributed by atoms with Crippen LogP contribution in [0.25, 0.3) is 32.9 Å². The summed E-state index contributed by atoms with van der Waals surface area (Å²) in [5.74, 6) is -0.781. The van der Waals surface area contributed by atoms with Gasteiger partial charge in [0.1, 0.15) is 41.4 Å². The number of piperidine rings is 1. The minimum Gasteiger partial charge on any atom is -0.508 e. The topological polar surface area (TPSA) is 94.8 Å². The highest BCUT2D eigenvalue weighted by Crippen LogP contribution is 2.42. The number of phenolic OH excluding ortho intramolecular Hbond substituents is 1. The van der Waals surface area contributed by atoms with E-state index in [2.05, 4.69) is 14.9 Å². The van der Waals surface area contributed by atoms with Gasteiger partial charge in [0.05, 0.1) is 16.5 Å². The summed E-state index contributed by atoms with van der Waals surface area (Å²) in [5.41, 5.74) is -0.716. The van der Waals surface area contributed by atoms with Crippen molar-refractivity contribution in [2.45, 2.75) is 87.9 Å². The molecule has 248 valence electrons. The maximum atomic E-state index is 17.0. The number of phenols is 1. The average molecular weight is 648 g/mol. The molecule has 7 heterocycles. The lowest BCUT2D eigenvalue weighted by Crippen LogP contribution is -2.48. The van der Waals surface area contributed by atoms with E-state index in [0.29, 0.717) is 72.9 Å². The van der Waals surface area contributed by atoms with Crippen molar-refractivity contribution in [1.82, 2.24) is 19.9 Å². The van der Waals surface area contributed by atoms with Crippen LogP contribution in [0, 0.1) is 11.6 Å². The van der Waals surface area contributed by atoms with Crippen LogP contribution in [0.15, 0.2) is 30.5 Å². The molecular weight excluding hydrogens is 607 g/mol. The van der Waals surface area contributed by atoms with E-state index < -0.39 is 23.1 Å². The lowest BCUT2D eigenvalue weighted by atomic mass is 9.87. The summed E-state index contributed by atoms with van der Waals surface area (Å²) in [6.07, 6.45) is 8.48. The van der Waals surface area contributed by atoms with E-state index in [1.165, 1.54) is 18.3 Å². The van der Waals surface area contributed by atoms with Crippen molar-refractivity contribution in [3.05, 3.63) is 47.7 Å². The molecule has 0 amide bonds. The molecule has 9 rings (SSSR count). The van der Waals surface area contributed by atoms with E-state index in [1.807, 2.05) is 4.90 Å². The largest absolute Gasteiger partial charge is 0.508 e. The zero-order valence-electron chi connectivity index (χ0n) is 26.5. The zero-order valence-corrected chi connectivity index (χ0v) is 26.5. The first-order chi connectivity index (χ1) is 22.7. The number of aliphatic hydroxyl groups is 1. The fourth-order valence-electron chi connectivity index (χ4n) is 8.70. The molecule has 4 aromatic rings. The maximum absolute atomic E-state index is 17.0. The summed E-state index contributed by atoms with van der Waals surface area (Å²) in [4.78, 5) is 18.1. The fourth-order valence-corrected chi connectivity index (χ4v) is 8.70. The number of ether oxygens (including phenoxy) is 1. The number of halogens is 3. The van der Waals surface area contributed by atoms with Gasteiger partial charge in [-0.2, -0.15) is 9.97 Å². The van der Waals surface area contributed by atoms with Gasteiger partial charge in [0.2, 0.25) is 0 Å². The number of hydrogen-bond acceptors (Lipinski definition) is 8. The smallest absolute Gasteiger partial charge is 0.319 e. The third-order valence-electron chi connectivity index (χ3n) is 11.0. The number of nitrogens with zero attached hydrogens (tertiary/aromatic N) is 5. The minimum atomic E-state index is -0.939. The molecule has 0 spiro atoms. The molecule has 6 bridgehead atoms. The average Bonchev–Trinajstić information content (AvgIpc) is 3.57. The van der Waals surface area contributed by atoms with Crippen LogP contribution in [0.4, 0.5) is 19.0 Å². The Balaban J connectivity index is 1.31. The van der Waals surface area contributed by atoms with E-state index in [0.717, 1.165) is 51.5 Å². The number of rotatable bonds is 3. The number of aromatic hydroxyl groups is 1. The van der Waals surface area contributed by atoms with Crippen LogP contribution in [-0.4, -0.2) is 80.2 Å². The Kier molecular flexibility index (Phi) is 7.67. The zero-order chi connectivity index (χ0) is 32.3. The summed E-state index contributed by atoms with van der Waals surface area (Å²) in [5, 5.41) is 23.9. The molecule has 2 aromatic carbocycles. The Hall–Kier alpha value is -3.70. The third-order valence-corrected chi connectivity index (χ3v) is 11.0. The third kappa shape index (κ3) is 5.45. The van der Waals surface area contributed by atoms with Crippen LogP contribution in [0.3, 0.4) is 0 Å². The Morgan fingerprint density at radius 1 is 0.979 bits per heavy atom. The van der Waals surface area contributed by atoms with Gasteiger partial charge in [-0.05, 0) is 86.0 Å². The lowest BCUT2D eigenvalue weighted by molar-refractivity contribution is 0.0151. The molecule has 0 radical (unpaired) electrons. The van der Waals surface area contributed by atoms with Crippen LogP contribution in [0.2, 0.25) is 0 Å². The fraction of sp³-hybridized carbons (Fsp3) is 0.528. The first-order valence-corrected chi connectivity index (χ1v) is 17.0. The van der Waals surface area contributed by atoms with Gasteiger partial charge < -0.3 is 19.8 Å². The monoisotopic (exact) mass is 647 g/mol. The van der Waals surface area contributed by atoms with Crippen molar-refractivity contribution in [3.63, 3.8) is 0 Å². The molecule has 3 unspecified atom stereocenters. The summed E-state index contributed by atoms with van der Waals surface area (Å²) in [7, 11) is 0. The molecule has 2 aromatic heterocycles. The number of anilines is 1. The highest BCUT2D eigenvalue weighted by molar-refractivity contribution is 6.01. The van der Waals surface area contributed by atoms with Gasteiger partial charge in [-0.15, -0.1) is 0 Å². The Bertz CT molecular complexity index is 1860. The SMILES string of the molecule is Oc1cc2c3c(c(F)ccc3c1)CCCCCCC1(O)CCCN(C1)c1nc(OCC34CCCN3CC(F)C4)nc3c(F)c-2ncc13. The highest BCUT2D eigenvalue weighted by atomic mass is 19.1. The van der Waals surface area contributed by atoms with Crippen LogP contribution in [0.5, 0.6) is 11.8 Å². The van der Waals surface area contributed by atoms with E-state index >= 15 is 8.78 Å². The molecule has 0 aliphatic carbocycles. The second-order valence-corrected chi connectivity index (χ2v) is 14.2. The maximum Gasteiger partial charge on any atom is 0.319 e. The number of aromatic nitrogens is 3. The van der Waals surface area contributed by atoms with Gasteiger partial charge in [0.25, 0.3) is 0 Å². The van der Waals surface area contributed by atoms with Crippen molar-refractivity contribution in [2.75, 3.05) is 37.7 Å². The number of aryl methyl sites for hydroxylation is 1. The lowest BCUT2D eigenvalue weighted by Gasteiger charge is -2.40. The van der Waals surface area contributed by atoms with Crippen molar-refractivity contribution in [3.8, 4) is 23.0 Å². The number of hydrogen-bond donors (Lipinski definition) is 2. The predicted octanol–water partition coefficient (Wildman–Crippen LogP) is 6.62. The van der Waals surface area contributed by atoms with Gasteiger partial charge in [0.15, 0.2) is 5.82 Å². The van der Waals surface area contributed by atoms with Gasteiger partial charge >= 0.3 is 6.01 Å². The molecule has 5 aliphatic rings. The van der Waals surface area contributed by atoms with Crippen LogP contribution in [0.1, 0.15) is 69.8 Å². The molecule has 8 nitrogen and oxygen atoms in total. The number of pyridine rings is 1.